The summed E-state index contributed by atoms with van der Waals surface area (Å²) >= 11 is 1.74. The maximum atomic E-state index is 11.4. The molecule has 1 aromatic heterocycles. The molecule has 1 atom stereocenters. The van der Waals surface area contributed by atoms with E-state index in [-0.39, 0.29) is 11.8 Å². The molecule has 2 heterocycles. The summed E-state index contributed by atoms with van der Waals surface area (Å²) in [5.41, 5.74) is 1.26. The van der Waals surface area contributed by atoms with Gasteiger partial charge >= 0.3 is 0 Å². The molecule has 0 saturated carbocycles. The van der Waals surface area contributed by atoms with Crippen LogP contribution in [-0.4, -0.2) is 26.0 Å². The summed E-state index contributed by atoms with van der Waals surface area (Å²) in [7, 11) is -2.79. The normalized spacial score (nSPS) is 22.6. The molecule has 96 valence electrons. The maximum Gasteiger partial charge on any atom is 0.151 e. The van der Waals surface area contributed by atoms with Crippen LogP contribution in [0.15, 0.2) is 29.6 Å². The first-order chi connectivity index (χ1) is 8.64. The highest BCUT2D eigenvalue weighted by molar-refractivity contribution is 7.91. The first kappa shape index (κ1) is 12.1. The molecule has 1 aromatic carbocycles. The topological polar surface area (TPSA) is 46.2 Å². The minimum atomic E-state index is -2.79. The van der Waals surface area contributed by atoms with Crippen molar-refractivity contribution in [2.75, 3.05) is 11.5 Å². The van der Waals surface area contributed by atoms with E-state index in [0.717, 1.165) is 13.0 Å². The SMILES string of the molecule is O=S1(=O)CCC(NCc2csc3ccccc23)C1. The molecule has 3 nitrogen and oxygen atoms in total. The van der Waals surface area contributed by atoms with Crippen LogP contribution in [0.4, 0.5) is 0 Å². The van der Waals surface area contributed by atoms with Crippen LogP contribution in [0.1, 0.15) is 12.0 Å². The van der Waals surface area contributed by atoms with E-state index in [1.165, 1.54) is 15.6 Å². The van der Waals surface area contributed by atoms with Crippen LogP contribution >= 0.6 is 11.3 Å². The lowest BCUT2D eigenvalue weighted by Gasteiger charge is -2.09. The first-order valence-electron chi connectivity index (χ1n) is 6.03. The van der Waals surface area contributed by atoms with Gasteiger partial charge in [0, 0.05) is 17.3 Å². The van der Waals surface area contributed by atoms with Crippen molar-refractivity contribution in [2.24, 2.45) is 0 Å². The second-order valence-corrected chi connectivity index (χ2v) is 7.88. The highest BCUT2D eigenvalue weighted by atomic mass is 32.2. The Morgan fingerprint density at radius 1 is 1.33 bits per heavy atom. The fourth-order valence-corrected chi connectivity index (χ4v) is 5.05. The molecule has 1 N–H and O–H groups in total. The molecule has 1 aliphatic rings. The molecule has 18 heavy (non-hydrogen) atoms. The van der Waals surface area contributed by atoms with Gasteiger partial charge in [0.2, 0.25) is 0 Å². The predicted molar refractivity (Wildman–Crippen MR) is 75.7 cm³/mol. The number of benzene rings is 1. The average molecular weight is 281 g/mol. The zero-order valence-electron chi connectivity index (χ0n) is 9.93. The number of hydrogen-bond acceptors (Lipinski definition) is 4. The van der Waals surface area contributed by atoms with Crippen molar-refractivity contribution in [1.82, 2.24) is 5.32 Å². The Labute approximate surface area is 111 Å². The van der Waals surface area contributed by atoms with Gasteiger partial charge in [0.15, 0.2) is 9.84 Å². The number of hydrogen-bond donors (Lipinski definition) is 1. The van der Waals surface area contributed by atoms with E-state index in [1.807, 2.05) is 12.1 Å². The molecule has 0 bridgehead atoms. The van der Waals surface area contributed by atoms with E-state index < -0.39 is 9.84 Å². The number of sulfone groups is 1. The molecule has 1 unspecified atom stereocenters. The summed E-state index contributed by atoms with van der Waals surface area (Å²) in [4.78, 5) is 0. The van der Waals surface area contributed by atoms with Gasteiger partial charge in [-0.2, -0.15) is 0 Å². The van der Waals surface area contributed by atoms with Crippen LogP contribution in [0.3, 0.4) is 0 Å². The summed E-state index contributed by atoms with van der Waals surface area (Å²) in [6.45, 7) is 0.754. The number of fused-ring (bicyclic) bond motifs is 1. The third-order valence-electron chi connectivity index (χ3n) is 3.37. The standard InChI is InChI=1S/C13H15NO2S2/c15-18(16)6-5-11(9-18)14-7-10-8-17-13-4-2-1-3-12(10)13/h1-4,8,11,14H,5-7,9H2. The van der Waals surface area contributed by atoms with Crippen LogP contribution in [0, 0.1) is 0 Å². The predicted octanol–water partition coefficient (Wildman–Crippen LogP) is 2.18. The van der Waals surface area contributed by atoms with Gasteiger partial charge in [0.1, 0.15) is 0 Å². The third-order valence-corrected chi connectivity index (χ3v) is 6.16. The number of rotatable bonds is 3. The lowest BCUT2D eigenvalue weighted by molar-refractivity contribution is 0.556. The van der Waals surface area contributed by atoms with Crippen molar-refractivity contribution < 1.29 is 8.42 Å². The molecule has 0 radical (unpaired) electrons. The molecule has 0 spiro atoms. The van der Waals surface area contributed by atoms with Crippen LogP contribution in [-0.2, 0) is 16.4 Å². The first-order valence-corrected chi connectivity index (χ1v) is 8.73. The monoisotopic (exact) mass is 281 g/mol. The molecule has 1 aliphatic heterocycles. The summed E-state index contributed by atoms with van der Waals surface area (Å²) in [5.74, 6) is 0.615. The van der Waals surface area contributed by atoms with E-state index in [1.54, 1.807) is 11.3 Å². The average Bonchev–Trinajstić information content (AvgIpc) is 2.90. The lowest BCUT2D eigenvalue weighted by atomic mass is 10.1. The highest BCUT2D eigenvalue weighted by Gasteiger charge is 2.27. The molecule has 0 aliphatic carbocycles. The van der Waals surface area contributed by atoms with Crippen molar-refractivity contribution >= 4 is 31.3 Å². The Morgan fingerprint density at radius 3 is 2.94 bits per heavy atom. The van der Waals surface area contributed by atoms with Gasteiger partial charge in [-0.15, -0.1) is 11.3 Å². The minimum Gasteiger partial charge on any atom is -0.309 e. The van der Waals surface area contributed by atoms with Crippen molar-refractivity contribution in [3.8, 4) is 0 Å². The number of nitrogens with one attached hydrogen (secondary N) is 1. The molecular formula is C13H15NO2S2. The molecule has 0 amide bonds. The van der Waals surface area contributed by atoms with E-state index in [0.29, 0.717) is 5.75 Å². The maximum absolute atomic E-state index is 11.4. The molecule has 1 saturated heterocycles. The van der Waals surface area contributed by atoms with Crippen molar-refractivity contribution in [2.45, 2.75) is 19.0 Å². The molecule has 2 aromatic rings. The third kappa shape index (κ3) is 2.43. The van der Waals surface area contributed by atoms with Crippen LogP contribution in [0.25, 0.3) is 10.1 Å². The second-order valence-electron chi connectivity index (χ2n) is 4.74. The zero-order chi connectivity index (χ0) is 12.6. The summed E-state index contributed by atoms with van der Waals surface area (Å²) < 4.78 is 24.0. The van der Waals surface area contributed by atoms with E-state index in [9.17, 15) is 8.42 Å². The zero-order valence-corrected chi connectivity index (χ0v) is 11.6. The molecule has 3 rings (SSSR count). The summed E-state index contributed by atoms with van der Waals surface area (Å²) in [6, 6.07) is 8.43. The Balaban J connectivity index is 1.71. The van der Waals surface area contributed by atoms with Gasteiger partial charge in [-0.3, -0.25) is 0 Å². The van der Waals surface area contributed by atoms with Gasteiger partial charge in [0.25, 0.3) is 0 Å². The summed E-state index contributed by atoms with van der Waals surface area (Å²) in [5, 5.41) is 6.79. The van der Waals surface area contributed by atoms with Gasteiger partial charge in [-0.25, -0.2) is 8.42 Å². The highest BCUT2D eigenvalue weighted by Crippen LogP contribution is 2.25. The van der Waals surface area contributed by atoms with E-state index in [2.05, 4.69) is 22.8 Å². The van der Waals surface area contributed by atoms with E-state index in [4.69, 9.17) is 0 Å². The molecule has 1 fully saturated rings. The van der Waals surface area contributed by atoms with Gasteiger partial charge < -0.3 is 5.32 Å². The van der Waals surface area contributed by atoms with Gasteiger partial charge in [-0.05, 0) is 28.8 Å². The van der Waals surface area contributed by atoms with E-state index >= 15 is 0 Å². The second kappa shape index (κ2) is 4.64. The van der Waals surface area contributed by atoms with Crippen LogP contribution < -0.4 is 5.32 Å². The van der Waals surface area contributed by atoms with Gasteiger partial charge in [-0.1, -0.05) is 18.2 Å². The minimum absolute atomic E-state index is 0.119. The summed E-state index contributed by atoms with van der Waals surface area (Å²) in [6.07, 6.45) is 0.740. The van der Waals surface area contributed by atoms with Crippen molar-refractivity contribution in [3.63, 3.8) is 0 Å². The number of thiophene rings is 1. The van der Waals surface area contributed by atoms with Crippen LogP contribution in [0.2, 0.25) is 0 Å². The van der Waals surface area contributed by atoms with Crippen molar-refractivity contribution in [1.29, 1.82) is 0 Å². The fourth-order valence-electron chi connectivity index (χ4n) is 2.38. The quantitative estimate of drug-likeness (QED) is 0.938. The lowest BCUT2D eigenvalue weighted by Crippen LogP contribution is -2.29. The largest absolute Gasteiger partial charge is 0.309 e. The molecule has 5 heteroatoms. The Kier molecular flexibility index (Phi) is 3.13. The van der Waals surface area contributed by atoms with Gasteiger partial charge in [0.05, 0.1) is 11.5 Å². The Morgan fingerprint density at radius 2 is 2.17 bits per heavy atom. The smallest absolute Gasteiger partial charge is 0.151 e. The fraction of sp³-hybridized carbons (Fsp3) is 0.385. The van der Waals surface area contributed by atoms with Crippen LogP contribution in [0.5, 0.6) is 0 Å². The molecular weight excluding hydrogens is 266 g/mol. The Bertz CT molecular complexity index is 660. The Hall–Kier alpha value is -0.910. The van der Waals surface area contributed by atoms with Crippen molar-refractivity contribution in [3.05, 3.63) is 35.2 Å².